The van der Waals surface area contributed by atoms with Crippen molar-refractivity contribution in [2.75, 3.05) is 11.9 Å². The summed E-state index contributed by atoms with van der Waals surface area (Å²) in [7, 11) is 0. The Morgan fingerprint density at radius 3 is 2.78 bits per heavy atom. The van der Waals surface area contributed by atoms with Crippen molar-refractivity contribution in [1.82, 2.24) is 9.78 Å². The van der Waals surface area contributed by atoms with Gasteiger partial charge in [0, 0.05) is 22.9 Å². The van der Waals surface area contributed by atoms with Gasteiger partial charge in [-0.15, -0.1) is 5.10 Å². The number of halogens is 1. The fourth-order valence-electron chi connectivity index (χ4n) is 2.17. The molecule has 1 aromatic heterocycles. The number of hydrogen-bond acceptors (Lipinski definition) is 3. The van der Waals surface area contributed by atoms with E-state index in [4.69, 9.17) is 4.74 Å². The Hall–Kier alpha value is -1.82. The molecule has 2 rings (SSSR count). The maximum atomic E-state index is 12.6. The van der Waals surface area contributed by atoms with Gasteiger partial charge in [0.1, 0.15) is 5.56 Å². The molecule has 0 saturated heterocycles. The van der Waals surface area contributed by atoms with Gasteiger partial charge in [-0.25, -0.2) is 0 Å². The van der Waals surface area contributed by atoms with Crippen LogP contribution in [-0.4, -0.2) is 22.3 Å². The van der Waals surface area contributed by atoms with Gasteiger partial charge in [-0.1, -0.05) is 29.8 Å². The number of hydrogen-bond donors (Lipinski definition) is 1. The average Bonchev–Trinajstić information content (AvgIpc) is 2.91. The van der Waals surface area contributed by atoms with E-state index in [1.807, 2.05) is 32.0 Å². The maximum absolute atomic E-state index is 12.6. The Morgan fingerprint density at radius 1 is 1.35 bits per heavy atom. The summed E-state index contributed by atoms with van der Waals surface area (Å²) in [5.41, 5.74) is 2.24. The molecule has 0 saturated carbocycles. The van der Waals surface area contributed by atoms with Crippen molar-refractivity contribution in [3.05, 3.63) is 40.0 Å². The van der Waals surface area contributed by atoms with Gasteiger partial charge in [0.15, 0.2) is 0 Å². The number of aryl methyl sites for hydroxylation is 2. The van der Waals surface area contributed by atoms with Crippen LogP contribution in [0.2, 0.25) is 0 Å². The normalized spacial score (nSPS) is 10.6. The highest BCUT2D eigenvalue weighted by Gasteiger charge is 2.18. The van der Waals surface area contributed by atoms with E-state index in [1.54, 1.807) is 10.9 Å². The van der Waals surface area contributed by atoms with Crippen LogP contribution in [-0.2, 0) is 6.54 Å². The molecule has 0 bridgehead atoms. The molecule has 0 fully saturated rings. The highest BCUT2D eigenvalue weighted by molar-refractivity contribution is 9.10. The van der Waals surface area contributed by atoms with Crippen molar-refractivity contribution in [1.29, 1.82) is 0 Å². The molecule has 0 aliphatic carbocycles. The minimum Gasteiger partial charge on any atom is -0.476 e. The average molecular weight is 380 g/mol. The third-order valence-electron chi connectivity index (χ3n) is 3.30. The first-order chi connectivity index (χ1) is 11.0. The second kappa shape index (κ2) is 8.15. The number of anilines is 1. The topological polar surface area (TPSA) is 56.2 Å². The monoisotopic (exact) mass is 379 g/mol. The molecule has 124 valence electrons. The van der Waals surface area contributed by atoms with Crippen molar-refractivity contribution >= 4 is 27.5 Å². The summed E-state index contributed by atoms with van der Waals surface area (Å²) >= 11 is 3.42. The van der Waals surface area contributed by atoms with E-state index < -0.39 is 0 Å². The van der Waals surface area contributed by atoms with Gasteiger partial charge in [-0.2, -0.15) is 0 Å². The van der Waals surface area contributed by atoms with E-state index in [9.17, 15) is 4.79 Å². The molecule has 0 atom stereocenters. The molecule has 0 unspecified atom stereocenters. The standard InChI is InChI=1S/C17H22BrN3O2/c1-4-8-21-11-14(17(20-21)23-9-5-2)16(22)19-15-7-6-13(18)10-12(15)3/h6-7,10-11H,4-5,8-9H2,1-3H3,(H,19,22). The Kier molecular flexibility index (Phi) is 6.21. The maximum Gasteiger partial charge on any atom is 0.262 e. The quantitative estimate of drug-likeness (QED) is 0.775. The number of nitrogens with one attached hydrogen (secondary N) is 1. The predicted octanol–water partition coefficient (Wildman–Crippen LogP) is 4.41. The number of aromatic nitrogens is 2. The van der Waals surface area contributed by atoms with Crippen molar-refractivity contribution in [3.8, 4) is 5.88 Å². The van der Waals surface area contributed by atoms with Crippen LogP contribution in [0.3, 0.4) is 0 Å². The summed E-state index contributed by atoms with van der Waals surface area (Å²) in [5.74, 6) is 0.191. The second-order valence-electron chi connectivity index (χ2n) is 5.37. The van der Waals surface area contributed by atoms with Crippen molar-refractivity contribution < 1.29 is 9.53 Å². The fourth-order valence-corrected chi connectivity index (χ4v) is 2.64. The van der Waals surface area contributed by atoms with Crippen molar-refractivity contribution in [3.63, 3.8) is 0 Å². The third-order valence-corrected chi connectivity index (χ3v) is 3.80. The molecule has 6 heteroatoms. The molecule has 5 nitrogen and oxygen atoms in total. The smallest absolute Gasteiger partial charge is 0.262 e. The Morgan fingerprint density at radius 2 is 2.13 bits per heavy atom. The predicted molar refractivity (Wildman–Crippen MR) is 95.1 cm³/mol. The molecule has 1 amide bonds. The van der Waals surface area contributed by atoms with Crippen LogP contribution in [0.5, 0.6) is 5.88 Å². The lowest BCUT2D eigenvalue weighted by Gasteiger charge is -2.09. The minimum atomic E-state index is -0.205. The highest BCUT2D eigenvalue weighted by Crippen LogP contribution is 2.23. The van der Waals surface area contributed by atoms with Crippen LogP contribution in [0.4, 0.5) is 5.69 Å². The molecule has 1 heterocycles. The van der Waals surface area contributed by atoms with E-state index in [-0.39, 0.29) is 5.91 Å². The van der Waals surface area contributed by atoms with E-state index in [2.05, 4.69) is 33.3 Å². The molecule has 23 heavy (non-hydrogen) atoms. The second-order valence-corrected chi connectivity index (χ2v) is 6.29. The van der Waals surface area contributed by atoms with Crippen molar-refractivity contribution in [2.45, 2.75) is 40.2 Å². The lowest BCUT2D eigenvalue weighted by atomic mass is 10.2. The van der Waals surface area contributed by atoms with Gasteiger partial charge < -0.3 is 10.1 Å². The van der Waals surface area contributed by atoms with Crippen LogP contribution in [0.15, 0.2) is 28.9 Å². The zero-order valence-corrected chi connectivity index (χ0v) is 15.3. The van der Waals surface area contributed by atoms with Gasteiger partial charge in [0.25, 0.3) is 5.91 Å². The van der Waals surface area contributed by atoms with Gasteiger partial charge in [-0.3, -0.25) is 9.48 Å². The fraction of sp³-hybridized carbons (Fsp3) is 0.412. The summed E-state index contributed by atoms with van der Waals surface area (Å²) < 4.78 is 8.36. The SMILES string of the molecule is CCCOc1nn(CCC)cc1C(=O)Nc1ccc(Br)cc1C. The lowest BCUT2D eigenvalue weighted by molar-refractivity contribution is 0.102. The number of nitrogens with zero attached hydrogens (tertiary/aromatic N) is 2. The van der Waals surface area contributed by atoms with Crippen molar-refractivity contribution in [2.24, 2.45) is 0 Å². The lowest BCUT2D eigenvalue weighted by Crippen LogP contribution is -2.13. The number of carbonyl (C=O) groups is 1. The first kappa shape index (κ1) is 17.5. The van der Waals surface area contributed by atoms with Gasteiger partial charge in [-0.05, 0) is 43.5 Å². The first-order valence-corrected chi connectivity index (χ1v) is 8.62. The molecule has 2 aromatic rings. The summed E-state index contributed by atoms with van der Waals surface area (Å²) in [6, 6.07) is 5.74. The summed E-state index contributed by atoms with van der Waals surface area (Å²) in [6.45, 7) is 7.34. The molecule has 1 N–H and O–H groups in total. The largest absolute Gasteiger partial charge is 0.476 e. The number of rotatable bonds is 7. The minimum absolute atomic E-state index is 0.205. The number of ether oxygens (including phenoxy) is 1. The summed E-state index contributed by atoms with van der Waals surface area (Å²) in [6.07, 6.45) is 3.56. The van der Waals surface area contributed by atoms with Gasteiger partial charge >= 0.3 is 0 Å². The van der Waals surface area contributed by atoms with Crippen LogP contribution in [0.1, 0.15) is 42.6 Å². The Labute approximate surface area is 145 Å². The molecular weight excluding hydrogens is 358 g/mol. The molecule has 0 spiro atoms. The van der Waals surface area contributed by atoms with E-state index >= 15 is 0 Å². The van der Waals surface area contributed by atoms with Crippen LogP contribution in [0, 0.1) is 6.92 Å². The van der Waals surface area contributed by atoms with Gasteiger partial charge in [0.2, 0.25) is 5.88 Å². The summed E-state index contributed by atoms with van der Waals surface area (Å²) in [5, 5.41) is 7.30. The zero-order chi connectivity index (χ0) is 16.8. The molecular formula is C17H22BrN3O2. The molecule has 0 aliphatic heterocycles. The number of benzene rings is 1. The third kappa shape index (κ3) is 4.58. The number of carbonyl (C=O) groups excluding carboxylic acids is 1. The highest BCUT2D eigenvalue weighted by atomic mass is 79.9. The van der Waals surface area contributed by atoms with E-state index in [0.29, 0.717) is 18.1 Å². The first-order valence-electron chi connectivity index (χ1n) is 7.82. The van der Waals surface area contributed by atoms with Crippen LogP contribution < -0.4 is 10.1 Å². The van der Waals surface area contributed by atoms with E-state index in [0.717, 1.165) is 35.1 Å². The molecule has 0 radical (unpaired) electrons. The van der Waals surface area contributed by atoms with Crippen LogP contribution >= 0.6 is 15.9 Å². The molecule has 0 aliphatic rings. The van der Waals surface area contributed by atoms with E-state index in [1.165, 1.54) is 0 Å². The zero-order valence-electron chi connectivity index (χ0n) is 13.7. The Balaban J connectivity index is 2.22. The Bertz CT molecular complexity index is 682. The summed E-state index contributed by atoms with van der Waals surface area (Å²) in [4.78, 5) is 12.6. The number of amides is 1. The van der Waals surface area contributed by atoms with Crippen LogP contribution in [0.25, 0.3) is 0 Å². The van der Waals surface area contributed by atoms with Gasteiger partial charge in [0.05, 0.1) is 6.61 Å². The molecule has 1 aromatic carbocycles.